The zero-order chi connectivity index (χ0) is 36.4. The highest BCUT2D eigenvalue weighted by molar-refractivity contribution is 5.92. The van der Waals surface area contributed by atoms with E-state index in [0.29, 0.717) is 11.1 Å². The molecule has 3 aromatic rings. The van der Waals surface area contributed by atoms with Gasteiger partial charge in [0, 0.05) is 0 Å². The van der Waals surface area contributed by atoms with Gasteiger partial charge in [-0.1, -0.05) is 50.5 Å². The van der Waals surface area contributed by atoms with Gasteiger partial charge in [0.25, 0.3) is 0 Å². The number of halogens is 9. The summed E-state index contributed by atoms with van der Waals surface area (Å²) in [6, 6.07) is 14.2. The van der Waals surface area contributed by atoms with Crippen molar-refractivity contribution in [3.63, 3.8) is 0 Å². The van der Waals surface area contributed by atoms with E-state index >= 15 is 0 Å². The average Bonchev–Trinajstić information content (AvgIpc) is 3.04. The van der Waals surface area contributed by atoms with E-state index in [1.54, 1.807) is 36.4 Å². The highest BCUT2D eigenvalue weighted by Gasteiger charge is 2.73. The Morgan fingerprint density at radius 1 is 0.735 bits per heavy atom. The molecule has 0 aliphatic carbocycles. The van der Waals surface area contributed by atoms with Crippen LogP contribution in [0.2, 0.25) is 0 Å². The molecule has 3 aromatic carbocycles. The first kappa shape index (κ1) is 39.2. The highest BCUT2D eigenvalue weighted by Crippen LogP contribution is 2.46. The molecule has 1 atom stereocenters. The van der Waals surface area contributed by atoms with Crippen molar-refractivity contribution in [2.24, 2.45) is 0 Å². The fraction of sp³-hybridized carbons (Fsp3) is 0.412. The van der Waals surface area contributed by atoms with Crippen molar-refractivity contribution in [1.29, 1.82) is 0 Å². The summed E-state index contributed by atoms with van der Waals surface area (Å²) < 4.78 is 137. The first-order valence-electron chi connectivity index (χ1n) is 15.1. The first-order chi connectivity index (χ1) is 23.0. The third-order valence-corrected chi connectivity index (χ3v) is 7.14. The number of hydrogen-bond acceptors (Lipinski definition) is 6. The minimum atomic E-state index is -6.53. The predicted octanol–water partition coefficient (Wildman–Crippen LogP) is 9.59. The lowest BCUT2D eigenvalue weighted by atomic mass is 10.0. The Hall–Kier alpha value is -4.27. The van der Waals surface area contributed by atoms with Crippen LogP contribution in [0, 0.1) is 11.6 Å². The molecule has 0 amide bonds. The van der Waals surface area contributed by atoms with E-state index in [-0.39, 0.29) is 11.9 Å². The van der Waals surface area contributed by atoms with Crippen molar-refractivity contribution in [3.05, 3.63) is 83.4 Å². The maximum atomic E-state index is 14.6. The lowest BCUT2D eigenvalue weighted by molar-refractivity contribution is -0.361. The molecule has 268 valence electrons. The molecule has 1 unspecified atom stereocenters. The minimum absolute atomic E-state index is 0.0212. The normalized spacial score (nSPS) is 12.8. The summed E-state index contributed by atoms with van der Waals surface area (Å²) in [6.07, 6.45) is -1.65. The Balaban J connectivity index is 1.52. The van der Waals surface area contributed by atoms with Crippen LogP contribution in [0.4, 0.5) is 39.5 Å². The van der Waals surface area contributed by atoms with Gasteiger partial charge in [-0.05, 0) is 67.3 Å². The molecule has 0 spiro atoms. The van der Waals surface area contributed by atoms with Crippen LogP contribution < -0.4 is 9.47 Å². The van der Waals surface area contributed by atoms with Crippen LogP contribution >= 0.6 is 0 Å². The minimum Gasteiger partial charge on any atom is -0.488 e. The molecular formula is C34H33F9O6. The van der Waals surface area contributed by atoms with Gasteiger partial charge >= 0.3 is 30.0 Å². The summed E-state index contributed by atoms with van der Waals surface area (Å²) in [4.78, 5) is 25.0. The van der Waals surface area contributed by atoms with E-state index in [1.807, 2.05) is 6.92 Å². The van der Waals surface area contributed by atoms with Gasteiger partial charge in [0.05, 0.1) is 23.8 Å². The van der Waals surface area contributed by atoms with Gasteiger partial charge in [-0.25, -0.2) is 14.0 Å². The van der Waals surface area contributed by atoms with Gasteiger partial charge in [0.2, 0.25) is 5.82 Å². The summed E-state index contributed by atoms with van der Waals surface area (Å²) in [5.74, 6) is -17.9. The summed E-state index contributed by atoms with van der Waals surface area (Å²) in [6.45, 7) is -0.186. The number of hydrogen-bond donors (Lipinski definition) is 0. The number of rotatable bonds is 17. The Bertz CT molecular complexity index is 1540. The number of ether oxygens (including phenoxy) is 4. The van der Waals surface area contributed by atoms with Crippen molar-refractivity contribution in [3.8, 4) is 22.6 Å². The molecule has 0 aliphatic heterocycles. The monoisotopic (exact) mass is 708 g/mol. The van der Waals surface area contributed by atoms with E-state index in [0.717, 1.165) is 49.8 Å². The molecule has 0 heterocycles. The largest absolute Gasteiger partial charge is 0.488 e. The van der Waals surface area contributed by atoms with Crippen LogP contribution in [0.15, 0.2) is 60.7 Å². The van der Waals surface area contributed by atoms with Crippen molar-refractivity contribution < 1.29 is 68.1 Å². The van der Waals surface area contributed by atoms with E-state index < -0.39 is 72.7 Å². The van der Waals surface area contributed by atoms with Crippen molar-refractivity contribution >= 4 is 11.9 Å². The molecule has 0 saturated heterocycles. The maximum Gasteiger partial charge on any atom is 0.459 e. The van der Waals surface area contributed by atoms with Crippen molar-refractivity contribution in [2.45, 2.75) is 70.1 Å². The number of alkyl halides is 7. The van der Waals surface area contributed by atoms with Crippen molar-refractivity contribution in [2.75, 3.05) is 19.8 Å². The summed E-state index contributed by atoms with van der Waals surface area (Å²) in [5, 5.41) is 0. The van der Waals surface area contributed by atoms with Gasteiger partial charge < -0.3 is 18.9 Å². The zero-order valence-electron chi connectivity index (χ0n) is 26.4. The summed E-state index contributed by atoms with van der Waals surface area (Å²) in [7, 11) is 0. The Kier molecular flexibility index (Phi) is 13.5. The van der Waals surface area contributed by atoms with Crippen LogP contribution in [0.1, 0.15) is 66.7 Å². The molecule has 15 heteroatoms. The Morgan fingerprint density at radius 3 is 1.94 bits per heavy atom. The average molecular weight is 709 g/mol. The lowest BCUT2D eigenvalue weighted by Crippen LogP contribution is -2.54. The third kappa shape index (κ3) is 10.4. The summed E-state index contributed by atoms with van der Waals surface area (Å²) in [5.41, 5.74) is 0.955. The molecule has 0 bridgehead atoms. The van der Waals surface area contributed by atoms with Crippen LogP contribution in [-0.2, 0) is 9.47 Å². The smallest absolute Gasteiger partial charge is 0.459 e. The molecule has 0 N–H and O–H groups in total. The number of carbonyl (C=O) groups is 2. The number of esters is 2. The molecule has 0 radical (unpaired) electrons. The fourth-order valence-electron chi connectivity index (χ4n) is 4.35. The number of benzene rings is 3. The van der Waals surface area contributed by atoms with E-state index in [4.69, 9.17) is 14.2 Å². The predicted molar refractivity (Wildman–Crippen MR) is 159 cm³/mol. The third-order valence-electron chi connectivity index (χ3n) is 7.14. The molecule has 0 aromatic heterocycles. The van der Waals surface area contributed by atoms with E-state index in [2.05, 4.69) is 11.7 Å². The lowest BCUT2D eigenvalue weighted by Gasteiger charge is -2.27. The molecule has 3 rings (SSSR count). The molecule has 49 heavy (non-hydrogen) atoms. The van der Waals surface area contributed by atoms with Crippen LogP contribution in [-0.4, -0.2) is 55.9 Å². The zero-order valence-corrected chi connectivity index (χ0v) is 26.4. The maximum absolute atomic E-state index is 14.6. The molecule has 0 fully saturated rings. The van der Waals surface area contributed by atoms with E-state index in [9.17, 15) is 49.1 Å². The topological polar surface area (TPSA) is 71.1 Å². The second kappa shape index (κ2) is 16.9. The molecule has 0 saturated carbocycles. The standard InChI is InChI=1S/C34H33F9O6/c1-3-4-5-6-7-21(2)48-30(44)24-10-8-22(9-11-24)23-12-14-25(15-13-23)49-31(45)26-16-17-27(29(36)28(26)35)47-19-18-46-20-32(37,38)33(39,40)34(41,42)43/h8-17,21H,3-7,18-20H2,1-2H3. The van der Waals surface area contributed by atoms with E-state index in [1.165, 1.54) is 12.1 Å². The fourth-order valence-corrected chi connectivity index (χ4v) is 4.35. The quantitative estimate of drug-likeness (QED) is 0.0602. The SMILES string of the molecule is CCCCCCC(C)OC(=O)c1ccc(-c2ccc(OC(=O)c3ccc(OCCOCC(F)(F)C(F)(F)C(F)(F)F)c(F)c3F)cc2)cc1. The van der Waals surface area contributed by atoms with Gasteiger partial charge in [0.15, 0.2) is 11.6 Å². The Morgan fingerprint density at radius 2 is 1.35 bits per heavy atom. The highest BCUT2D eigenvalue weighted by atomic mass is 19.4. The Labute approximate surface area is 276 Å². The van der Waals surface area contributed by atoms with Crippen LogP contribution in [0.25, 0.3) is 11.1 Å². The number of unbranched alkanes of at least 4 members (excludes halogenated alkanes) is 3. The van der Waals surface area contributed by atoms with Crippen molar-refractivity contribution in [1.82, 2.24) is 0 Å². The van der Waals surface area contributed by atoms with Gasteiger partial charge in [-0.2, -0.15) is 35.1 Å². The molecule has 0 aliphatic rings. The van der Waals surface area contributed by atoms with Gasteiger partial charge in [-0.3, -0.25) is 0 Å². The summed E-state index contributed by atoms with van der Waals surface area (Å²) >= 11 is 0. The molecule has 6 nitrogen and oxygen atoms in total. The van der Waals surface area contributed by atoms with Crippen LogP contribution in [0.3, 0.4) is 0 Å². The van der Waals surface area contributed by atoms with Gasteiger partial charge in [-0.15, -0.1) is 0 Å². The van der Waals surface area contributed by atoms with Crippen LogP contribution in [0.5, 0.6) is 11.5 Å². The van der Waals surface area contributed by atoms with Gasteiger partial charge in [0.1, 0.15) is 19.0 Å². The second-order valence-corrected chi connectivity index (χ2v) is 11.0. The first-order valence-corrected chi connectivity index (χ1v) is 15.1. The second-order valence-electron chi connectivity index (χ2n) is 11.0. The number of carbonyl (C=O) groups excluding carboxylic acids is 2. The molecular weight excluding hydrogens is 675 g/mol.